The maximum atomic E-state index is 12.1. The van der Waals surface area contributed by atoms with Crippen molar-refractivity contribution in [3.63, 3.8) is 0 Å². The third-order valence-electron chi connectivity index (χ3n) is 2.82. The molecule has 88 valence electrons. The van der Waals surface area contributed by atoms with E-state index in [2.05, 4.69) is 4.98 Å². The third kappa shape index (κ3) is 1.60. The quantitative estimate of drug-likeness (QED) is 0.844. The highest BCUT2D eigenvalue weighted by Gasteiger charge is 2.19. The van der Waals surface area contributed by atoms with Crippen LogP contribution in [0, 0.1) is 0 Å². The molecule has 0 bridgehead atoms. The molecule has 0 aromatic carbocycles. The van der Waals surface area contributed by atoms with Crippen molar-refractivity contribution in [1.29, 1.82) is 0 Å². The summed E-state index contributed by atoms with van der Waals surface area (Å²) >= 11 is 0. The number of carboxylic acid groups (broad SMARTS) is 1. The molecule has 0 saturated carbocycles. The lowest BCUT2D eigenvalue weighted by atomic mass is 10.1. The Balaban J connectivity index is 3.05. The molecule has 0 unspecified atom stereocenters. The molecule has 0 aliphatic heterocycles. The molecule has 0 atom stereocenters. The van der Waals surface area contributed by atoms with Gasteiger partial charge in [0.2, 0.25) is 5.43 Å². The molecule has 0 aliphatic carbocycles. The number of pyridine rings is 2. The van der Waals surface area contributed by atoms with Crippen LogP contribution in [-0.2, 0) is 13.5 Å². The Morgan fingerprint density at radius 2 is 2.24 bits per heavy atom. The van der Waals surface area contributed by atoms with Gasteiger partial charge in [-0.3, -0.25) is 4.79 Å². The lowest BCUT2D eigenvalue weighted by Crippen LogP contribution is -2.23. The molecule has 2 aromatic rings. The predicted molar refractivity (Wildman–Crippen MR) is 63.3 cm³/mol. The van der Waals surface area contributed by atoms with Crippen LogP contribution in [0.1, 0.15) is 23.0 Å². The van der Waals surface area contributed by atoms with Gasteiger partial charge in [-0.25, -0.2) is 9.78 Å². The highest BCUT2D eigenvalue weighted by molar-refractivity contribution is 5.93. The van der Waals surface area contributed by atoms with Crippen LogP contribution >= 0.6 is 0 Å². The van der Waals surface area contributed by atoms with Crippen molar-refractivity contribution in [1.82, 2.24) is 9.55 Å². The van der Waals surface area contributed by atoms with Crippen LogP contribution in [-0.4, -0.2) is 20.6 Å². The first kappa shape index (κ1) is 11.3. The Labute approximate surface area is 97.3 Å². The summed E-state index contributed by atoms with van der Waals surface area (Å²) in [5, 5.41) is 9.47. The van der Waals surface area contributed by atoms with Gasteiger partial charge in [0, 0.05) is 18.9 Å². The first-order chi connectivity index (χ1) is 8.07. The van der Waals surface area contributed by atoms with Gasteiger partial charge in [-0.1, -0.05) is 6.92 Å². The van der Waals surface area contributed by atoms with Gasteiger partial charge in [0.25, 0.3) is 0 Å². The minimum Gasteiger partial charge on any atom is -0.477 e. The molecule has 5 nitrogen and oxygen atoms in total. The number of aromatic carboxylic acids is 1. The minimum atomic E-state index is -1.19. The molecule has 17 heavy (non-hydrogen) atoms. The molecule has 0 radical (unpaired) electrons. The van der Waals surface area contributed by atoms with E-state index in [1.165, 1.54) is 0 Å². The van der Waals surface area contributed by atoms with E-state index in [-0.39, 0.29) is 5.56 Å². The summed E-state index contributed by atoms with van der Waals surface area (Å²) in [6.45, 7) is 1.82. The largest absolute Gasteiger partial charge is 0.477 e. The van der Waals surface area contributed by atoms with Crippen molar-refractivity contribution in [3.05, 3.63) is 39.8 Å². The number of aryl methyl sites for hydroxylation is 1. The second-order valence-corrected chi connectivity index (χ2v) is 3.74. The van der Waals surface area contributed by atoms with Gasteiger partial charge >= 0.3 is 5.97 Å². The van der Waals surface area contributed by atoms with E-state index in [0.29, 0.717) is 23.1 Å². The zero-order chi connectivity index (χ0) is 12.6. The first-order valence-electron chi connectivity index (χ1n) is 5.27. The van der Waals surface area contributed by atoms with E-state index >= 15 is 0 Å². The molecule has 0 amide bonds. The van der Waals surface area contributed by atoms with Gasteiger partial charge < -0.3 is 9.67 Å². The van der Waals surface area contributed by atoms with Crippen molar-refractivity contribution in [3.8, 4) is 0 Å². The Morgan fingerprint density at radius 3 is 2.82 bits per heavy atom. The Hall–Kier alpha value is -2.17. The smallest absolute Gasteiger partial charge is 0.341 e. The number of fused-ring (bicyclic) bond motifs is 1. The van der Waals surface area contributed by atoms with E-state index in [4.69, 9.17) is 5.11 Å². The highest BCUT2D eigenvalue weighted by Crippen LogP contribution is 2.13. The van der Waals surface area contributed by atoms with Crippen LogP contribution in [0.25, 0.3) is 11.0 Å². The second-order valence-electron chi connectivity index (χ2n) is 3.74. The van der Waals surface area contributed by atoms with Crippen molar-refractivity contribution >= 4 is 17.0 Å². The molecule has 2 rings (SSSR count). The highest BCUT2D eigenvalue weighted by atomic mass is 16.4. The maximum Gasteiger partial charge on any atom is 0.341 e. The lowest BCUT2D eigenvalue weighted by molar-refractivity contribution is 0.0693. The number of hydrogen-bond acceptors (Lipinski definition) is 3. The van der Waals surface area contributed by atoms with E-state index in [1.807, 2.05) is 6.92 Å². The van der Waals surface area contributed by atoms with Crippen LogP contribution in [0.2, 0.25) is 0 Å². The van der Waals surface area contributed by atoms with Crippen molar-refractivity contribution in [2.75, 3.05) is 0 Å². The van der Waals surface area contributed by atoms with Crippen LogP contribution in [0.5, 0.6) is 0 Å². The molecule has 0 fully saturated rings. The molecule has 0 saturated heterocycles. The molecule has 0 spiro atoms. The molecule has 5 heteroatoms. The molecule has 2 heterocycles. The number of hydrogen-bond donors (Lipinski definition) is 1. The number of carbonyl (C=O) groups is 1. The Bertz CT molecular complexity index is 659. The fourth-order valence-corrected chi connectivity index (χ4v) is 2.04. The number of rotatable bonds is 2. The van der Waals surface area contributed by atoms with E-state index in [0.717, 1.165) is 0 Å². The second kappa shape index (κ2) is 4.01. The molecular weight excluding hydrogens is 220 g/mol. The predicted octanol–water partition coefficient (Wildman–Crippen LogP) is 1.19. The van der Waals surface area contributed by atoms with Gasteiger partial charge in [0.15, 0.2) is 0 Å². The molecular formula is C12H12N2O3. The van der Waals surface area contributed by atoms with Crippen LogP contribution < -0.4 is 5.43 Å². The summed E-state index contributed by atoms with van der Waals surface area (Å²) in [6.07, 6.45) is 2.06. The average Bonchev–Trinajstić information content (AvgIpc) is 2.33. The normalized spacial score (nSPS) is 10.7. The SMILES string of the molecule is CCc1c(C(=O)O)c(=O)c2cccnc2n1C. The maximum absolute atomic E-state index is 12.1. The van der Waals surface area contributed by atoms with Crippen molar-refractivity contribution in [2.24, 2.45) is 7.05 Å². The molecule has 2 aromatic heterocycles. The summed E-state index contributed by atoms with van der Waals surface area (Å²) < 4.78 is 1.67. The summed E-state index contributed by atoms with van der Waals surface area (Å²) in [4.78, 5) is 27.4. The van der Waals surface area contributed by atoms with Crippen LogP contribution in [0.15, 0.2) is 23.1 Å². The fourth-order valence-electron chi connectivity index (χ4n) is 2.04. The van der Waals surface area contributed by atoms with Crippen LogP contribution in [0.4, 0.5) is 0 Å². The standard InChI is InChI=1S/C12H12N2O3/c1-3-8-9(12(16)17)10(15)7-5-4-6-13-11(7)14(8)2/h4-6H,3H2,1-2H3,(H,16,17). The minimum absolute atomic E-state index is 0.157. The van der Waals surface area contributed by atoms with Gasteiger partial charge in [0.05, 0.1) is 5.39 Å². The summed E-state index contributed by atoms with van der Waals surface area (Å²) in [6, 6.07) is 3.22. The number of aromatic nitrogens is 2. The topological polar surface area (TPSA) is 72.2 Å². The average molecular weight is 232 g/mol. The van der Waals surface area contributed by atoms with E-state index in [1.54, 1.807) is 29.9 Å². The van der Waals surface area contributed by atoms with Gasteiger partial charge in [-0.05, 0) is 18.6 Å². The summed E-state index contributed by atoms with van der Waals surface area (Å²) in [5.41, 5.74) is 0.388. The van der Waals surface area contributed by atoms with E-state index < -0.39 is 11.4 Å². The number of nitrogens with zero attached hydrogens (tertiary/aromatic N) is 2. The fraction of sp³-hybridized carbons (Fsp3) is 0.250. The van der Waals surface area contributed by atoms with Gasteiger partial charge in [-0.15, -0.1) is 0 Å². The van der Waals surface area contributed by atoms with Crippen LogP contribution in [0.3, 0.4) is 0 Å². The zero-order valence-corrected chi connectivity index (χ0v) is 9.60. The zero-order valence-electron chi connectivity index (χ0n) is 9.60. The monoisotopic (exact) mass is 232 g/mol. The first-order valence-corrected chi connectivity index (χ1v) is 5.27. The number of carboxylic acids is 1. The van der Waals surface area contributed by atoms with Gasteiger partial charge in [-0.2, -0.15) is 0 Å². The third-order valence-corrected chi connectivity index (χ3v) is 2.82. The van der Waals surface area contributed by atoms with Crippen molar-refractivity contribution < 1.29 is 9.90 Å². The molecule has 1 N–H and O–H groups in total. The Kier molecular flexibility index (Phi) is 2.67. The Morgan fingerprint density at radius 1 is 1.53 bits per heavy atom. The van der Waals surface area contributed by atoms with E-state index in [9.17, 15) is 9.59 Å². The molecule has 0 aliphatic rings. The van der Waals surface area contributed by atoms with Gasteiger partial charge in [0.1, 0.15) is 11.2 Å². The van der Waals surface area contributed by atoms with Crippen molar-refractivity contribution in [2.45, 2.75) is 13.3 Å². The lowest BCUT2D eigenvalue weighted by Gasteiger charge is -2.12. The summed E-state index contributed by atoms with van der Waals surface area (Å²) in [7, 11) is 1.72. The summed E-state index contributed by atoms with van der Waals surface area (Å²) in [5.74, 6) is -1.19.